The van der Waals surface area contributed by atoms with Crippen LogP contribution in [0, 0.1) is 17.6 Å². The molecule has 2 amide bonds. The molecule has 31 heavy (non-hydrogen) atoms. The molecule has 1 saturated carbocycles. The van der Waals surface area contributed by atoms with E-state index in [2.05, 4.69) is 10.3 Å². The highest BCUT2D eigenvalue weighted by Crippen LogP contribution is 2.31. The lowest BCUT2D eigenvalue weighted by molar-refractivity contribution is -0.135. The molecule has 0 bridgehead atoms. The molecule has 1 aromatic carbocycles. The van der Waals surface area contributed by atoms with Crippen LogP contribution in [0.5, 0.6) is 0 Å². The van der Waals surface area contributed by atoms with Crippen molar-refractivity contribution < 1.29 is 32.2 Å². The van der Waals surface area contributed by atoms with Crippen molar-refractivity contribution >= 4 is 50.4 Å². The minimum absolute atomic E-state index is 0.00111. The number of benzene rings is 1. The van der Waals surface area contributed by atoms with Crippen molar-refractivity contribution in [1.29, 1.82) is 0 Å². The van der Waals surface area contributed by atoms with Gasteiger partial charge in [-0.1, -0.05) is 24.2 Å². The van der Waals surface area contributed by atoms with E-state index in [4.69, 9.17) is 5.11 Å². The van der Waals surface area contributed by atoms with E-state index >= 15 is 0 Å². The molecular weight excluding hydrogens is 454 g/mol. The lowest BCUT2D eigenvalue weighted by Crippen LogP contribution is -2.38. The normalized spacial score (nSPS) is 14.9. The standard InChI is InChI=1S/C18H20F2N4O5S2/c19-13-6-5-12(7-14(13)20)23(9-11-3-1-2-4-11)18(27)22-17-21-8-15(30-17)24(31(28)29)10-16(25)26/h5-8,11H,1-4,9-10H2,(H,25,26)(H,28,29)(H,21,22,27)/p-1. The summed E-state index contributed by atoms with van der Waals surface area (Å²) in [6, 6.07) is 2.53. The first-order valence-corrected chi connectivity index (χ1v) is 11.2. The summed E-state index contributed by atoms with van der Waals surface area (Å²) in [5, 5.41) is 11.4. The van der Waals surface area contributed by atoms with Crippen molar-refractivity contribution in [2.75, 3.05) is 27.6 Å². The lowest BCUT2D eigenvalue weighted by Gasteiger charge is -2.26. The molecule has 168 valence electrons. The van der Waals surface area contributed by atoms with E-state index in [1.165, 1.54) is 11.0 Å². The molecule has 3 rings (SSSR count). The second-order valence-electron chi connectivity index (χ2n) is 6.94. The molecule has 1 fully saturated rings. The number of rotatable bonds is 8. The molecule has 9 nitrogen and oxygen atoms in total. The number of urea groups is 1. The molecule has 1 aliphatic carbocycles. The average molecular weight is 474 g/mol. The zero-order chi connectivity index (χ0) is 22.5. The van der Waals surface area contributed by atoms with Gasteiger partial charge >= 0.3 is 12.0 Å². The number of thiazole rings is 1. The van der Waals surface area contributed by atoms with Crippen LogP contribution in [0.1, 0.15) is 25.7 Å². The molecule has 0 saturated heterocycles. The van der Waals surface area contributed by atoms with E-state index < -0.39 is 41.4 Å². The van der Waals surface area contributed by atoms with Gasteiger partial charge in [0.25, 0.3) is 0 Å². The minimum Gasteiger partial charge on any atom is -0.755 e. The zero-order valence-corrected chi connectivity index (χ0v) is 17.8. The fourth-order valence-electron chi connectivity index (χ4n) is 3.33. The SMILES string of the molecule is O=C(O)CN(c1cnc(NC(=O)N(CC2CCCC2)c2ccc(F)c(F)c2)s1)S(=O)[O-]. The quantitative estimate of drug-likeness (QED) is 0.567. The molecule has 2 N–H and O–H groups in total. The van der Waals surface area contributed by atoms with Crippen LogP contribution in [-0.4, -0.2) is 43.9 Å². The summed E-state index contributed by atoms with van der Waals surface area (Å²) in [5.74, 6) is -3.26. The molecule has 13 heteroatoms. The number of hydrogen-bond donors (Lipinski definition) is 2. The number of hydrogen-bond acceptors (Lipinski definition) is 6. The Morgan fingerprint density at radius 3 is 2.61 bits per heavy atom. The van der Waals surface area contributed by atoms with Crippen LogP contribution >= 0.6 is 11.3 Å². The van der Waals surface area contributed by atoms with Crippen molar-refractivity contribution in [2.24, 2.45) is 5.92 Å². The number of carboxylic acid groups (broad SMARTS) is 1. The zero-order valence-electron chi connectivity index (χ0n) is 16.1. The Bertz CT molecular complexity index is 984. The third-order valence-electron chi connectivity index (χ3n) is 4.79. The molecule has 1 heterocycles. The first kappa shape index (κ1) is 23.0. The number of halogens is 2. The predicted octanol–water partition coefficient (Wildman–Crippen LogP) is 3.34. The van der Waals surface area contributed by atoms with Crippen molar-refractivity contribution in [1.82, 2.24) is 4.98 Å². The Morgan fingerprint density at radius 2 is 2.00 bits per heavy atom. The topological polar surface area (TPSA) is 126 Å². The molecule has 0 radical (unpaired) electrons. The molecule has 1 unspecified atom stereocenters. The lowest BCUT2D eigenvalue weighted by atomic mass is 10.1. The number of carbonyl (C=O) groups is 2. The van der Waals surface area contributed by atoms with E-state index in [0.29, 0.717) is 10.8 Å². The van der Waals surface area contributed by atoms with Gasteiger partial charge in [-0.15, -0.1) is 0 Å². The van der Waals surface area contributed by atoms with Crippen molar-refractivity contribution in [3.8, 4) is 0 Å². The number of amides is 2. The average Bonchev–Trinajstić information content (AvgIpc) is 3.38. The van der Waals surface area contributed by atoms with Crippen molar-refractivity contribution in [3.05, 3.63) is 36.0 Å². The molecule has 1 aliphatic rings. The molecule has 0 aliphatic heterocycles. The molecule has 0 spiro atoms. The smallest absolute Gasteiger partial charge is 0.328 e. The summed E-state index contributed by atoms with van der Waals surface area (Å²) in [6.07, 6.45) is 5.00. The van der Waals surface area contributed by atoms with Gasteiger partial charge in [0.15, 0.2) is 16.8 Å². The van der Waals surface area contributed by atoms with Crippen molar-refractivity contribution in [2.45, 2.75) is 25.7 Å². The van der Waals surface area contributed by atoms with Gasteiger partial charge in [-0.3, -0.25) is 23.5 Å². The summed E-state index contributed by atoms with van der Waals surface area (Å²) in [6.45, 7) is -0.501. The summed E-state index contributed by atoms with van der Waals surface area (Å²) < 4.78 is 50.3. The van der Waals surface area contributed by atoms with Gasteiger partial charge in [-0.2, -0.15) is 0 Å². The van der Waals surface area contributed by atoms with Crippen LogP contribution in [0.25, 0.3) is 0 Å². The van der Waals surface area contributed by atoms with Gasteiger partial charge in [-0.05, 0) is 30.9 Å². The Balaban J connectivity index is 1.79. The summed E-state index contributed by atoms with van der Waals surface area (Å²) in [4.78, 5) is 29.0. The van der Waals surface area contributed by atoms with Crippen LogP contribution in [0.2, 0.25) is 0 Å². The maximum atomic E-state index is 13.8. The summed E-state index contributed by atoms with van der Waals surface area (Å²) in [5.41, 5.74) is 0.174. The Morgan fingerprint density at radius 1 is 1.29 bits per heavy atom. The second-order valence-corrected chi connectivity index (χ2v) is 8.82. The van der Waals surface area contributed by atoms with Crippen LogP contribution in [-0.2, 0) is 16.1 Å². The highest BCUT2D eigenvalue weighted by atomic mass is 32.2. The van der Waals surface area contributed by atoms with E-state index in [0.717, 1.165) is 55.3 Å². The van der Waals surface area contributed by atoms with Crippen LogP contribution in [0.15, 0.2) is 24.4 Å². The molecule has 1 aromatic heterocycles. The Hall–Kier alpha value is -2.64. The number of carboxylic acids is 1. The maximum Gasteiger partial charge on any atom is 0.328 e. The molecule has 2 aromatic rings. The Labute approximate surface area is 183 Å². The first-order valence-electron chi connectivity index (χ1n) is 9.32. The van der Waals surface area contributed by atoms with Crippen LogP contribution in [0.3, 0.4) is 0 Å². The van der Waals surface area contributed by atoms with Gasteiger partial charge in [0, 0.05) is 29.6 Å². The molecular formula is C18H19F2N4O5S2-. The fourth-order valence-corrected chi connectivity index (χ4v) is 4.75. The highest BCUT2D eigenvalue weighted by Gasteiger charge is 2.25. The first-order chi connectivity index (χ1) is 14.7. The van der Waals surface area contributed by atoms with Gasteiger partial charge in [0.05, 0.1) is 6.20 Å². The van der Waals surface area contributed by atoms with E-state index in [1.807, 2.05) is 0 Å². The fraction of sp³-hybridized carbons (Fsp3) is 0.389. The third kappa shape index (κ3) is 5.95. The summed E-state index contributed by atoms with van der Waals surface area (Å²) in [7, 11) is 0. The second kappa shape index (κ2) is 10.1. The predicted molar refractivity (Wildman–Crippen MR) is 111 cm³/mol. The highest BCUT2D eigenvalue weighted by molar-refractivity contribution is 7.81. The third-order valence-corrected chi connectivity index (χ3v) is 6.52. The number of nitrogens with one attached hydrogen (secondary N) is 1. The molecule has 1 atom stereocenters. The number of aliphatic carboxylic acids is 1. The van der Waals surface area contributed by atoms with Crippen molar-refractivity contribution in [3.63, 3.8) is 0 Å². The van der Waals surface area contributed by atoms with Gasteiger partial charge in [-0.25, -0.2) is 18.6 Å². The van der Waals surface area contributed by atoms with Gasteiger partial charge in [0.1, 0.15) is 11.5 Å². The van der Waals surface area contributed by atoms with E-state index in [-0.39, 0.29) is 21.7 Å². The van der Waals surface area contributed by atoms with Crippen LogP contribution in [0.4, 0.5) is 29.4 Å². The van der Waals surface area contributed by atoms with Gasteiger partial charge in [0.2, 0.25) is 0 Å². The van der Waals surface area contributed by atoms with E-state index in [1.54, 1.807) is 0 Å². The maximum absolute atomic E-state index is 13.8. The number of carbonyl (C=O) groups excluding carboxylic acids is 1. The van der Waals surface area contributed by atoms with Crippen LogP contribution < -0.4 is 14.5 Å². The monoisotopic (exact) mass is 473 g/mol. The van der Waals surface area contributed by atoms with E-state index in [9.17, 15) is 27.1 Å². The number of aromatic nitrogens is 1. The Kier molecular flexibility index (Phi) is 7.51. The van der Waals surface area contributed by atoms with Gasteiger partial charge < -0.3 is 9.66 Å². The minimum atomic E-state index is -2.85. The largest absolute Gasteiger partial charge is 0.755 e. The number of anilines is 3. The summed E-state index contributed by atoms with van der Waals surface area (Å²) >= 11 is -2.08. The number of nitrogens with zero attached hydrogens (tertiary/aromatic N) is 3.